The summed E-state index contributed by atoms with van der Waals surface area (Å²) in [6.45, 7) is 7.21. The molecule has 2 fully saturated rings. The van der Waals surface area contributed by atoms with Crippen molar-refractivity contribution in [1.82, 2.24) is 10.2 Å². The Labute approximate surface area is 206 Å². The smallest absolute Gasteiger partial charge is 0.410 e. The molecule has 2 unspecified atom stereocenters. The van der Waals surface area contributed by atoms with E-state index >= 15 is 0 Å². The van der Waals surface area contributed by atoms with E-state index in [2.05, 4.69) is 10.2 Å². The van der Waals surface area contributed by atoms with Crippen LogP contribution in [0.3, 0.4) is 0 Å². The topological polar surface area (TPSA) is 71.1 Å². The number of piperazine rings is 1. The van der Waals surface area contributed by atoms with Gasteiger partial charge in [-0.25, -0.2) is 14.0 Å². The number of ether oxygens (including phenoxy) is 2. The lowest BCUT2D eigenvalue weighted by molar-refractivity contribution is 0.0209. The van der Waals surface area contributed by atoms with Crippen LogP contribution in [0.4, 0.5) is 19.7 Å². The van der Waals surface area contributed by atoms with E-state index in [0.717, 1.165) is 24.1 Å². The summed E-state index contributed by atoms with van der Waals surface area (Å²) in [6.07, 6.45) is 1.48. The molecule has 2 atom stereocenters. The Morgan fingerprint density at radius 3 is 2.37 bits per heavy atom. The van der Waals surface area contributed by atoms with E-state index in [9.17, 15) is 14.0 Å². The largest absolute Gasteiger partial charge is 0.445 e. The van der Waals surface area contributed by atoms with Gasteiger partial charge in [-0.15, -0.1) is 0 Å². The van der Waals surface area contributed by atoms with Gasteiger partial charge in [0.05, 0.1) is 0 Å². The fourth-order valence-corrected chi connectivity index (χ4v) is 4.77. The van der Waals surface area contributed by atoms with E-state index in [1.807, 2.05) is 57.2 Å². The first kappa shape index (κ1) is 24.8. The molecular formula is C27H34FN3O4. The van der Waals surface area contributed by atoms with Crippen LogP contribution in [0.25, 0.3) is 0 Å². The van der Waals surface area contributed by atoms with E-state index in [4.69, 9.17) is 9.47 Å². The molecule has 7 nitrogen and oxygen atoms in total. The SMILES string of the molecule is CC(C)(C)OC(=O)N1CC2CCC(C1)N2c1ccc(CCNC(=O)OCc2ccccc2)c(F)c1. The van der Waals surface area contributed by atoms with Crippen molar-refractivity contribution >= 4 is 17.9 Å². The zero-order chi connectivity index (χ0) is 25.0. The van der Waals surface area contributed by atoms with E-state index < -0.39 is 11.7 Å². The Bertz CT molecular complexity index is 1030. The standard InChI is InChI=1S/C27H34FN3O4/c1-27(2,3)35-26(33)30-16-22-11-12-23(17-30)31(22)21-10-9-20(24(28)15-21)13-14-29-25(32)34-18-19-7-5-4-6-8-19/h4-10,15,22-23H,11-14,16-18H2,1-3H3,(H,29,32). The lowest BCUT2D eigenvalue weighted by Gasteiger charge is -2.42. The molecule has 0 radical (unpaired) electrons. The van der Waals surface area contributed by atoms with E-state index in [1.54, 1.807) is 17.0 Å². The van der Waals surface area contributed by atoms with E-state index in [-0.39, 0.29) is 37.1 Å². The molecule has 35 heavy (non-hydrogen) atoms. The maximum Gasteiger partial charge on any atom is 0.410 e. The third-order valence-corrected chi connectivity index (χ3v) is 6.35. The number of benzene rings is 2. The van der Waals surface area contributed by atoms with Gasteiger partial charge >= 0.3 is 12.2 Å². The second kappa shape index (κ2) is 10.5. The molecule has 2 aromatic carbocycles. The highest BCUT2D eigenvalue weighted by molar-refractivity contribution is 5.69. The van der Waals surface area contributed by atoms with Crippen molar-refractivity contribution in [3.05, 3.63) is 65.5 Å². The van der Waals surface area contributed by atoms with Crippen molar-refractivity contribution in [2.24, 2.45) is 0 Å². The first-order chi connectivity index (χ1) is 16.7. The molecule has 2 bridgehead atoms. The van der Waals surface area contributed by atoms with Gasteiger partial charge in [-0.3, -0.25) is 0 Å². The van der Waals surface area contributed by atoms with E-state index in [1.165, 1.54) is 0 Å². The Balaban J connectivity index is 1.28. The summed E-state index contributed by atoms with van der Waals surface area (Å²) in [5, 5.41) is 2.67. The molecular weight excluding hydrogens is 449 g/mol. The normalized spacial score (nSPS) is 19.4. The summed E-state index contributed by atoms with van der Waals surface area (Å²) < 4.78 is 25.6. The number of likely N-dealkylation sites (tertiary alicyclic amines) is 1. The molecule has 0 aromatic heterocycles. The number of nitrogens with zero attached hydrogens (tertiary/aromatic N) is 2. The van der Waals surface area contributed by atoms with Crippen LogP contribution >= 0.6 is 0 Å². The average Bonchev–Trinajstić information content (AvgIpc) is 3.07. The number of halogens is 1. The molecule has 8 heteroatoms. The van der Waals surface area contributed by atoms with Crippen LogP contribution in [0.1, 0.15) is 44.7 Å². The third kappa shape index (κ3) is 6.44. The molecule has 2 aromatic rings. The second-order valence-corrected chi connectivity index (χ2v) is 10.2. The monoisotopic (exact) mass is 483 g/mol. The number of carbonyl (C=O) groups excluding carboxylic acids is 2. The number of anilines is 1. The predicted octanol–water partition coefficient (Wildman–Crippen LogP) is 4.88. The summed E-state index contributed by atoms with van der Waals surface area (Å²) in [4.78, 5) is 28.5. The molecule has 2 aliphatic rings. The minimum atomic E-state index is -0.528. The average molecular weight is 484 g/mol. The van der Waals surface area contributed by atoms with Gasteiger partial charge in [0.25, 0.3) is 0 Å². The summed E-state index contributed by atoms with van der Waals surface area (Å²) in [6, 6.07) is 15.0. The maximum absolute atomic E-state index is 14.9. The Kier molecular flexibility index (Phi) is 7.48. The summed E-state index contributed by atoms with van der Waals surface area (Å²) >= 11 is 0. The fraction of sp³-hybridized carbons (Fsp3) is 0.481. The first-order valence-corrected chi connectivity index (χ1v) is 12.2. The van der Waals surface area contributed by atoms with Gasteiger partial charge in [-0.05, 0) is 63.3 Å². The fourth-order valence-electron chi connectivity index (χ4n) is 4.77. The predicted molar refractivity (Wildman–Crippen MR) is 132 cm³/mol. The number of rotatable bonds is 6. The maximum atomic E-state index is 14.9. The van der Waals surface area contributed by atoms with Gasteiger partial charge in [0.15, 0.2) is 0 Å². The van der Waals surface area contributed by atoms with Crippen LogP contribution in [-0.4, -0.2) is 54.4 Å². The van der Waals surface area contributed by atoms with E-state index in [0.29, 0.717) is 25.1 Å². The Morgan fingerprint density at radius 1 is 1.06 bits per heavy atom. The zero-order valence-electron chi connectivity index (χ0n) is 20.6. The lowest BCUT2D eigenvalue weighted by Crippen LogP contribution is -2.56. The molecule has 2 amide bonds. The highest BCUT2D eigenvalue weighted by atomic mass is 19.1. The van der Waals surface area contributed by atoms with Crippen LogP contribution in [0.2, 0.25) is 0 Å². The number of hydrogen-bond acceptors (Lipinski definition) is 5. The van der Waals surface area contributed by atoms with Gasteiger partial charge in [0, 0.05) is 37.4 Å². The van der Waals surface area contributed by atoms with Gasteiger partial charge in [0.1, 0.15) is 18.0 Å². The number of amides is 2. The number of hydrogen-bond donors (Lipinski definition) is 1. The van der Waals surface area contributed by atoms with Crippen molar-refractivity contribution in [3.8, 4) is 0 Å². The lowest BCUT2D eigenvalue weighted by atomic mass is 10.1. The molecule has 0 aliphatic carbocycles. The molecule has 1 N–H and O–H groups in total. The van der Waals surface area contributed by atoms with Gasteiger partial charge in [0.2, 0.25) is 0 Å². The van der Waals surface area contributed by atoms with Crippen molar-refractivity contribution < 1.29 is 23.5 Å². The number of nitrogens with one attached hydrogen (secondary N) is 1. The van der Waals surface area contributed by atoms with Crippen LogP contribution in [0, 0.1) is 5.82 Å². The van der Waals surface area contributed by atoms with Crippen molar-refractivity contribution in [3.63, 3.8) is 0 Å². The zero-order valence-corrected chi connectivity index (χ0v) is 20.6. The summed E-state index contributed by atoms with van der Waals surface area (Å²) in [5.41, 5.74) is 1.75. The Morgan fingerprint density at radius 2 is 1.74 bits per heavy atom. The highest BCUT2D eigenvalue weighted by Crippen LogP contribution is 2.36. The molecule has 2 aliphatic heterocycles. The van der Waals surface area contributed by atoms with Crippen LogP contribution in [0.15, 0.2) is 48.5 Å². The van der Waals surface area contributed by atoms with Crippen molar-refractivity contribution in [2.75, 3.05) is 24.5 Å². The molecule has 4 rings (SSSR count). The molecule has 0 spiro atoms. The molecule has 0 saturated carbocycles. The second-order valence-electron chi connectivity index (χ2n) is 10.2. The van der Waals surface area contributed by atoms with Crippen LogP contribution < -0.4 is 10.2 Å². The number of fused-ring (bicyclic) bond motifs is 2. The summed E-state index contributed by atoms with van der Waals surface area (Å²) in [5.74, 6) is -0.295. The summed E-state index contributed by atoms with van der Waals surface area (Å²) in [7, 11) is 0. The number of alkyl carbamates (subject to hydrolysis) is 1. The minimum Gasteiger partial charge on any atom is -0.445 e. The minimum absolute atomic E-state index is 0.146. The van der Waals surface area contributed by atoms with Crippen LogP contribution in [0.5, 0.6) is 0 Å². The molecule has 2 heterocycles. The van der Waals surface area contributed by atoms with Gasteiger partial charge in [-0.2, -0.15) is 0 Å². The van der Waals surface area contributed by atoms with Crippen LogP contribution in [-0.2, 0) is 22.5 Å². The molecule has 2 saturated heterocycles. The third-order valence-electron chi connectivity index (χ3n) is 6.35. The van der Waals surface area contributed by atoms with Crippen molar-refractivity contribution in [2.45, 2.75) is 64.3 Å². The molecule has 188 valence electrons. The van der Waals surface area contributed by atoms with Gasteiger partial charge < -0.3 is 24.6 Å². The van der Waals surface area contributed by atoms with Gasteiger partial charge in [-0.1, -0.05) is 36.4 Å². The number of carbonyl (C=O) groups is 2. The highest BCUT2D eigenvalue weighted by Gasteiger charge is 2.42. The van der Waals surface area contributed by atoms with Crippen molar-refractivity contribution in [1.29, 1.82) is 0 Å². The quantitative estimate of drug-likeness (QED) is 0.634. The Hall–Kier alpha value is -3.29. The first-order valence-electron chi connectivity index (χ1n) is 12.2.